The molecule has 0 saturated heterocycles. The van der Waals surface area contributed by atoms with Crippen molar-refractivity contribution in [1.29, 1.82) is 0 Å². The summed E-state index contributed by atoms with van der Waals surface area (Å²) in [7, 11) is 0. The Morgan fingerprint density at radius 1 is 1.14 bits per heavy atom. The van der Waals surface area contributed by atoms with E-state index in [4.69, 9.17) is 4.74 Å². The first-order valence-electron chi connectivity index (χ1n) is 6.57. The Hall–Kier alpha value is -1.46. The standard InChI is InChI=1S/C16H13BrF2O2/c17-11-5-6-12-13(20)8-14(21-15(12)7-11)9-1-3-10(4-2-9)16(18)19/h1-7,13-14,16,20H,8H2. The molecule has 2 nitrogen and oxygen atoms in total. The highest BCUT2D eigenvalue weighted by molar-refractivity contribution is 9.10. The summed E-state index contributed by atoms with van der Waals surface area (Å²) in [6, 6.07) is 11.5. The first kappa shape index (κ1) is 14.5. The van der Waals surface area contributed by atoms with Gasteiger partial charge in [-0.3, -0.25) is 0 Å². The van der Waals surface area contributed by atoms with Gasteiger partial charge in [0.1, 0.15) is 11.9 Å². The molecule has 2 aromatic rings. The van der Waals surface area contributed by atoms with Crippen LogP contribution < -0.4 is 4.74 Å². The summed E-state index contributed by atoms with van der Waals surface area (Å²) in [6.07, 6.45) is -3.04. The molecule has 2 atom stereocenters. The van der Waals surface area contributed by atoms with Gasteiger partial charge in [0.15, 0.2) is 0 Å². The largest absolute Gasteiger partial charge is 0.485 e. The maximum absolute atomic E-state index is 12.6. The first-order valence-corrected chi connectivity index (χ1v) is 7.36. The number of rotatable bonds is 2. The monoisotopic (exact) mass is 354 g/mol. The molecule has 0 amide bonds. The predicted molar refractivity (Wildman–Crippen MR) is 78.5 cm³/mol. The summed E-state index contributed by atoms with van der Waals surface area (Å²) in [5.74, 6) is 0.617. The fraction of sp³-hybridized carbons (Fsp3) is 0.250. The molecule has 0 saturated carbocycles. The van der Waals surface area contributed by atoms with E-state index >= 15 is 0 Å². The molecule has 0 bridgehead atoms. The van der Waals surface area contributed by atoms with Crippen molar-refractivity contribution in [3.8, 4) is 5.75 Å². The van der Waals surface area contributed by atoms with Gasteiger partial charge in [0.2, 0.25) is 0 Å². The van der Waals surface area contributed by atoms with E-state index in [2.05, 4.69) is 15.9 Å². The summed E-state index contributed by atoms with van der Waals surface area (Å²) in [6.45, 7) is 0. The minimum Gasteiger partial charge on any atom is -0.485 e. The lowest BCUT2D eigenvalue weighted by atomic mass is 9.94. The van der Waals surface area contributed by atoms with Crippen LogP contribution in [0.4, 0.5) is 8.78 Å². The molecule has 1 aliphatic heterocycles. The first-order chi connectivity index (χ1) is 10.0. The van der Waals surface area contributed by atoms with E-state index in [1.165, 1.54) is 12.1 Å². The maximum Gasteiger partial charge on any atom is 0.263 e. The lowest BCUT2D eigenvalue weighted by molar-refractivity contribution is 0.0656. The van der Waals surface area contributed by atoms with Crippen molar-refractivity contribution < 1.29 is 18.6 Å². The van der Waals surface area contributed by atoms with Crippen LogP contribution in [0.15, 0.2) is 46.9 Å². The molecule has 3 rings (SSSR count). The highest BCUT2D eigenvalue weighted by atomic mass is 79.9. The van der Waals surface area contributed by atoms with E-state index in [1.807, 2.05) is 12.1 Å². The van der Waals surface area contributed by atoms with Crippen LogP contribution in [0.3, 0.4) is 0 Å². The Labute approximate surface area is 129 Å². The van der Waals surface area contributed by atoms with Crippen molar-refractivity contribution >= 4 is 15.9 Å². The summed E-state index contributed by atoms with van der Waals surface area (Å²) in [4.78, 5) is 0. The van der Waals surface area contributed by atoms with Crippen LogP contribution in [0.1, 0.15) is 41.7 Å². The number of hydrogen-bond donors (Lipinski definition) is 1. The average molecular weight is 355 g/mol. The zero-order valence-electron chi connectivity index (χ0n) is 11.0. The van der Waals surface area contributed by atoms with E-state index in [1.54, 1.807) is 18.2 Å². The van der Waals surface area contributed by atoms with Gasteiger partial charge in [-0.2, -0.15) is 0 Å². The maximum atomic E-state index is 12.6. The van der Waals surface area contributed by atoms with Crippen molar-refractivity contribution in [2.45, 2.75) is 25.1 Å². The van der Waals surface area contributed by atoms with Crippen LogP contribution >= 0.6 is 15.9 Å². The Morgan fingerprint density at radius 3 is 2.52 bits per heavy atom. The third-order valence-electron chi connectivity index (χ3n) is 3.60. The van der Waals surface area contributed by atoms with Gasteiger partial charge in [0.25, 0.3) is 6.43 Å². The van der Waals surface area contributed by atoms with Gasteiger partial charge in [0.05, 0.1) is 6.10 Å². The number of fused-ring (bicyclic) bond motifs is 1. The number of aliphatic hydroxyl groups excluding tert-OH is 1. The van der Waals surface area contributed by atoms with Crippen LogP contribution in [-0.4, -0.2) is 5.11 Å². The quantitative estimate of drug-likeness (QED) is 0.827. The van der Waals surface area contributed by atoms with E-state index in [-0.39, 0.29) is 11.7 Å². The smallest absolute Gasteiger partial charge is 0.263 e. The number of hydrogen-bond acceptors (Lipinski definition) is 2. The van der Waals surface area contributed by atoms with Crippen molar-refractivity contribution in [3.63, 3.8) is 0 Å². The van der Waals surface area contributed by atoms with Crippen LogP contribution in [0, 0.1) is 0 Å². The lowest BCUT2D eigenvalue weighted by Crippen LogP contribution is -2.19. The van der Waals surface area contributed by atoms with E-state index in [9.17, 15) is 13.9 Å². The minimum absolute atomic E-state index is 0.0155. The number of aliphatic hydroxyl groups is 1. The third-order valence-corrected chi connectivity index (χ3v) is 4.09. The van der Waals surface area contributed by atoms with Gasteiger partial charge in [-0.05, 0) is 17.7 Å². The topological polar surface area (TPSA) is 29.5 Å². The van der Waals surface area contributed by atoms with Crippen LogP contribution in [0.2, 0.25) is 0 Å². The molecular weight excluding hydrogens is 342 g/mol. The van der Waals surface area contributed by atoms with Gasteiger partial charge in [-0.25, -0.2) is 8.78 Å². The lowest BCUT2D eigenvalue weighted by Gasteiger charge is -2.30. The molecule has 5 heteroatoms. The Kier molecular flexibility index (Phi) is 3.95. The molecule has 1 heterocycles. The zero-order chi connectivity index (χ0) is 15.0. The van der Waals surface area contributed by atoms with Gasteiger partial charge < -0.3 is 9.84 Å². The van der Waals surface area contributed by atoms with Crippen LogP contribution in [-0.2, 0) is 0 Å². The summed E-state index contributed by atoms with van der Waals surface area (Å²) in [5, 5.41) is 10.2. The Bertz CT molecular complexity index is 643. The van der Waals surface area contributed by atoms with Crippen molar-refractivity contribution in [3.05, 3.63) is 63.6 Å². The Balaban J connectivity index is 1.88. The van der Waals surface area contributed by atoms with Gasteiger partial charge >= 0.3 is 0 Å². The average Bonchev–Trinajstić information content (AvgIpc) is 2.46. The van der Waals surface area contributed by atoms with E-state index in [0.717, 1.165) is 15.6 Å². The second-order valence-electron chi connectivity index (χ2n) is 5.01. The second-order valence-corrected chi connectivity index (χ2v) is 5.92. The van der Waals surface area contributed by atoms with Gasteiger partial charge in [-0.15, -0.1) is 0 Å². The molecule has 1 N–H and O–H groups in total. The molecule has 0 spiro atoms. The van der Waals surface area contributed by atoms with Gasteiger partial charge in [0, 0.05) is 22.0 Å². The molecule has 110 valence electrons. The normalized spacial score (nSPS) is 21.0. The molecule has 0 radical (unpaired) electrons. The molecule has 0 fully saturated rings. The number of alkyl halides is 2. The molecule has 21 heavy (non-hydrogen) atoms. The van der Waals surface area contributed by atoms with E-state index < -0.39 is 12.5 Å². The zero-order valence-corrected chi connectivity index (χ0v) is 12.6. The summed E-state index contributed by atoms with van der Waals surface area (Å²) in [5.41, 5.74) is 1.51. The number of benzene rings is 2. The van der Waals surface area contributed by atoms with Crippen molar-refractivity contribution in [2.75, 3.05) is 0 Å². The SMILES string of the molecule is OC1CC(c2ccc(C(F)F)cc2)Oc2cc(Br)ccc21. The molecule has 2 aromatic carbocycles. The van der Waals surface area contributed by atoms with Crippen LogP contribution in [0.25, 0.3) is 0 Å². The molecule has 0 aromatic heterocycles. The van der Waals surface area contributed by atoms with Crippen LogP contribution in [0.5, 0.6) is 5.75 Å². The number of halogens is 3. The molecule has 1 aliphatic rings. The summed E-state index contributed by atoms with van der Waals surface area (Å²) >= 11 is 3.37. The summed E-state index contributed by atoms with van der Waals surface area (Å²) < 4.78 is 31.9. The van der Waals surface area contributed by atoms with Crippen molar-refractivity contribution in [2.24, 2.45) is 0 Å². The van der Waals surface area contributed by atoms with Gasteiger partial charge in [-0.1, -0.05) is 46.3 Å². The third kappa shape index (κ3) is 2.94. The predicted octanol–water partition coefficient (Wildman–Crippen LogP) is 4.94. The fourth-order valence-corrected chi connectivity index (χ4v) is 2.82. The Morgan fingerprint density at radius 2 is 1.86 bits per heavy atom. The van der Waals surface area contributed by atoms with Crippen molar-refractivity contribution in [1.82, 2.24) is 0 Å². The molecule has 0 aliphatic carbocycles. The van der Waals surface area contributed by atoms with E-state index in [0.29, 0.717) is 12.2 Å². The second kappa shape index (κ2) is 5.73. The highest BCUT2D eigenvalue weighted by Crippen LogP contribution is 2.42. The number of ether oxygens (including phenoxy) is 1. The minimum atomic E-state index is -2.48. The molecule has 2 unspecified atom stereocenters. The highest BCUT2D eigenvalue weighted by Gasteiger charge is 2.28. The molecular formula is C16H13BrF2O2. The fourth-order valence-electron chi connectivity index (χ4n) is 2.48.